The summed E-state index contributed by atoms with van der Waals surface area (Å²) in [6, 6.07) is 2.26. The normalized spacial score (nSPS) is 24.8. The number of aromatic nitrogens is 3. The van der Waals surface area contributed by atoms with Gasteiger partial charge < -0.3 is 14.7 Å². The van der Waals surface area contributed by atoms with Gasteiger partial charge in [0.1, 0.15) is 11.5 Å². The molecule has 0 saturated heterocycles. The van der Waals surface area contributed by atoms with Gasteiger partial charge in [0, 0.05) is 44.2 Å². The fourth-order valence-electron chi connectivity index (χ4n) is 3.39. The first-order valence-electron chi connectivity index (χ1n) is 7.61. The molecule has 0 saturated carbocycles. The second-order valence-electron chi connectivity index (χ2n) is 6.24. The third kappa shape index (κ3) is 2.04. The van der Waals surface area contributed by atoms with E-state index < -0.39 is 0 Å². The van der Waals surface area contributed by atoms with Crippen LogP contribution in [0.15, 0.2) is 16.8 Å². The largest absolute Gasteiger partial charge is 0.361 e. The number of fused-ring (bicyclic) bond motifs is 3. The predicted octanol–water partition coefficient (Wildman–Crippen LogP) is 0.775. The molecule has 2 aliphatic rings. The van der Waals surface area contributed by atoms with Crippen molar-refractivity contribution in [3.8, 4) is 0 Å². The van der Waals surface area contributed by atoms with Crippen LogP contribution in [0.25, 0.3) is 0 Å². The summed E-state index contributed by atoms with van der Waals surface area (Å²) in [5.74, 6) is 0.906. The Balaban J connectivity index is 1.78. The van der Waals surface area contributed by atoms with Crippen molar-refractivity contribution in [2.45, 2.75) is 38.4 Å². The van der Waals surface area contributed by atoms with E-state index in [2.05, 4.69) is 17.4 Å². The van der Waals surface area contributed by atoms with Crippen molar-refractivity contribution < 1.29 is 9.32 Å². The summed E-state index contributed by atoms with van der Waals surface area (Å²) in [5.41, 5.74) is 2.81. The van der Waals surface area contributed by atoms with E-state index in [-0.39, 0.29) is 11.8 Å². The predicted molar refractivity (Wildman–Crippen MR) is 78.4 cm³/mol. The number of hydrogen-bond donors (Lipinski definition) is 1. The molecular weight excluding hydrogens is 282 g/mol. The SMILES string of the molecule is C[C@@H]1Cc2nn3c(c2CN1)C(=O)N(C)C[C@@H](c1ccno1)C3. The number of nitrogens with one attached hydrogen (secondary N) is 1. The summed E-state index contributed by atoms with van der Waals surface area (Å²) in [7, 11) is 1.83. The van der Waals surface area contributed by atoms with E-state index in [0.29, 0.717) is 25.7 Å². The van der Waals surface area contributed by atoms with Crippen LogP contribution in [0.5, 0.6) is 0 Å². The van der Waals surface area contributed by atoms with Gasteiger partial charge in [-0.25, -0.2) is 0 Å². The molecular formula is C15H19N5O2. The first-order chi connectivity index (χ1) is 10.6. The van der Waals surface area contributed by atoms with Gasteiger partial charge in [0.25, 0.3) is 5.91 Å². The molecule has 1 N–H and O–H groups in total. The Labute approximate surface area is 128 Å². The van der Waals surface area contributed by atoms with Gasteiger partial charge in [0.15, 0.2) is 0 Å². The molecule has 4 rings (SSSR count). The Morgan fingerprint density at radius 3 is 3.05 bits per heavy atom. The Morgan fingerprint density at radius 1 is 1.41 bits per heavy atom. The number of nitrogens with zero attached hydrogens (tertiary/aromatic N) is 4. The standard InChI is InChI=1S/C15H19N5O2/c1-9-5-12-11(6-16-9)14-15(21)19(2)7-10(8-20(14)18-12)13-3-4-17-22-13/h3-4,9-10,16H,5-8H2,1-2H3/t9-,10-/m1/s1. The Bertz CT molecular complexity index is 706. The molecule has 2 aromatic rings. The van der Waals surface area contributed by atoms with Crippen molar-refractivity contribution in [1.29, 1.82) is 0 Å². The molecule has 2 aliphatic heterocycles. The highest BCUT2D eigenvalue weighted by Gasteiger charge is 2.34. The molecule has 2 aromatic heterocycles. The monoisotopic (exact) mass is 301 g/mol. The van der Waals surface area contributed by atoms with Crippen LogP contribution in [-0.4, -0.2) is 45.4 Å². The first-order valence-corrected chi connectivity index (χ1v) is 7.61. The molecule has 22 heavy (non-hydrogen) atoms. The highest BCUT2D eigenvalue weighted by Crippen LogP contribution is 2.28. The minimum Gasteiger partial charge on any atom is -0.361 e. The molecule has 0 bridgehead atoms. The molecule has 0 aliphatic carbocycles. The highest BCUT2D eigenvalue weighted by atomic mass is 16.5. The summed E-state index contributed by atoms with van der Waals surface area (Å²) in [6.07, 6.45) is 2.50. The zero-order valence-corrected chi connectivity index (χ0v) is 12.7. The van der Waals surface area contributed by atoms with Crippen LogP contribution in [0.4, 0.5) is 0 Å². The summed E-state index contributed by atoms with van der Waals surface area (Å²) in [4.78, 5) is 14.5. The molecule has 0 unspecified atom stereocenters. The average Bonchev–Trinajstić information content (AvgIpc) is 3.10. The topological polar surface area (TPSA) is 76.2 Å². The number of carbonyl (C=O) groups is 1. The Hall–Kier alpha value is -2.15. The molecule has 0 radical (unpaired) electrons. The third-order valence-corrected chi connectivity index (χ3v) is 4.56. The smallest absolute Gasteiger partial charge is 0.272 e. The molecule has 1 amide bonds. The van der Waals surface area contributed by atoms with Gasteiger partial charge in [0.05, 0.1) is 24.4 Å². The maximum absolute atomic E-state index is 12.8. The van der Waals surface area contributed by atoms with Crippen molar-refractivity contribution >= 4 is 5.91 Å². The number of carbonyl (C=O) groups excluding carboxylic acids is 1. The van der Waals surface area contributed by atoms with Crippen molar-refractivity contribution in [3.63, 3.8) is 0 Å². The number of rotatable bonds is 1. The summed E-state index contributed by atoms with van der Waals surface area (Å²) in [5, 5.41) is 11.9. The molecule has 0 fully saturated rings. The maximum atomic E-state index is 12.8. The summed E-state index contributed by atoms with van der Waals surface area (Å²) in [6.45, 7) is 4.09. The van der Waals surface area contributed by atoms with Gasteiger partial charge in [-0.1, -0.05) is 5.16 Å². The molecule has 116 valence electrons. The maximum Gasteiger partial charge on any atom is 0.272 e. The van der Waals surface area contributed by atoms with Crippen molar-refractivity contribution in [2.75, 3.05) is 13.6 Å². The first kappa shape index (κ1) is 13.5. The van der Waals surface area contributed by atoms with Crippen LogP contribution in [0.1, 0.15) is 40.3 Å². The summed E-state index contributed by atoms with van der Waals surface area (Å²) < 4.78 is 7.17. The fourth-order valence-corrected chi connectivity index (χ4v) is 3.39. The van der Waals surface area contributed by atoms with Crippen molar-refractivity contribution in [2.24, 2.45) is 0 Å². The van der Waals surface area contributed by atoms with Gasteiger partial charge >= 0.3 is 0 Å². The lowest BCUT2D eigenvalue weighted by atomic mass is 10.0. The lowest BCUT2D eigenvalue weighted by molar-refractivity contribution is 0.0787. The fraction of sp³-hybridized carbons (Fsp3) is 0.533. The minimum absolute atomic E-state index is 0.0344. The third-order valence-electron chi connectivity index (χ3n) is 4.56. The Morgan fingerprint density at radius 2 is 2.27 bits per heavy atom. The highest BCUT2D eigenvalue weighted by molar-refractivity contribution is 5.94. The van der Waals surface area contributed by atoms with E-state index in [1.54, 1.807) is 11.1 Å². The minimum atomic E-state index is 0.0344. The van der Waals surface area contributed by atoms with Crippen LogP contribution in [0.3, 0.4) is 0 Å². The Kier molecular flexibility index (Phi) is 3.04. The number of hydrogen-bond acceptors (Lipinski definition) is 5. The molecule has 7 nitrogen and oxygen atoms in total. The van der Waals surface area contributed by atoms with E-state index in [1.807, 2.05) is 17.8 Å². The van der Waals surface area contributed by atoms with Crippen LogP contribution in [0, 0.1) is 0 Å². The van der Waals surface area contributed by atoms with Gasteiger partial charge in [-0.05, 0) is 6.92 Å². The van der Waals surface area contributed by atoms with Crippen LogP contribution >= 0.6 is 0 Å². The van der Waals surface area contributed by atoms with Crippen molar-refractivity contribution in [3.05, 3.63) is 35.0 Å². The molecule has 7 heteroatoms. The zero-order chi connectivity index (χ0) is 15.3. The lowest BCUT2D eigenvalue weighted by Gasteiger charge is -2.21. The molecule has 4 heterocycles. The van der Waals surface area contributed by atoms with Gasteiger partial charge in [-0.15, -0.1) is 0 Å². The van der Waals surface area contributed by atoms with Crippen molar-refractivity contribution in [1.82, 2.24) is 25.2 Å². The van der Waals surface area contributed by atoms with E-state index in [0.717, 1.165) is 29.1 Å². The molecule has 2 atom stereocenters. The van der Waals surface area contributed by atoms with Crippen LogP contribution in [0.2, 0.25) is 0 Å². The van der Waals surface area contributed by atoms with E-state index in [9.17, 15) is 4.79 Å². The average molecular weight is 301 g/mol. The quantitative estimate of drug-likeness (QED) is 0.842. The number of amides is 1. The van der Waals surface area contributed by atoms with E-state index >= 15 is 0 Å². The van der Waals surface area contributed by atoms with Crippen LogP contribution in [-0.2, 0) is 19.5 Å². The molecule has 0 spiro atoms. The van der Waals surface area contributed by atoms with Gasteiger partial charge in [-0.2, -0.15) is 5.10 Å². The van der Waals surface area contributed by atoms with Gasteiger partial charge in [-0.3, -0.25) is 9.48 Å². The van der Waals surface area contributed by atoms with E-state index in [4.69, 9.17) is 9.62 Å². The lowest BCUT2D eigenvalue weighted by Crippen LogP contribution is -2.35. The second kappa shape index (κ2) is 4.95. The summed E-state index contributed by atoms with van der Waals surface area (Å²) >= 11 is 0. The number of likely N-dealkylation sites (N-methyl/N-ethyl adjacent to an activating group) is 1. The van der Waals surface area contributed by atoms with Crippen LogP contribution < -0.4 is 5.32 Å². The zero-order valence-electron chi connectivity index (χ0n) is 12.7. The second-order valence-corrected chi connectivity index (χ2v) is 6.24. The van der Waals surface area contributed by atoms with E-state index in [1.165, 1.54) is 0 Å². The molecule has 0 aromatic carbocycles. The van der Waals surface area contributed by atoms with Gasteiger partial charge in [0.2, 0.25) is 0 Å².